The van der Waals surface area contributed by atoms with E-state index < -0.39 is 6.10 Å². The topological polar surface area (TPSA) is 65.5 Å². The predicted octanol–water partition coefficient (Wildman–Crippen LogP) is 2.90. The normalized spacial score (nSPS) is 18.7. The van der Waals surface area contributed by atoms with Crippen LogP contribution >= 0.6 is 0 Å². The van der Waals surface area contributed by atoms with E-state index in [4.69, 9.17) is 4.84 Å². The number of carbonyl (C=O) groups excluding carboxylic acids is 2. The van der Waals surface area contributed by atoms with E-state index in [1.54, 1.807) is 11.8 Å². The van der Waals surface area contributed by atoms with Crippen LogP contribution in [-0.2, 0) is 21.0 Å². The molecule has 4 rings (SSSR count). The number of amides is 2. The fourth-order valence-corrected chi connectivity index (χ4v) is 4.20. The van der Waals surface area contributed by atoms with Gasteiger partial charge < -0.3 is 14.6 Å². The molecule has 168 valence electrons. The third kappa shape index (κ3) is 4.67. The van der Waals surface area contributed by atoms with Crippen molar-refractivity contribution in [2.75, 3.05) is 37.6 Å². The molecular weight excluding hydrogens is 404 g/mol. The Morgan fingerprint density at radius 2 is 1.72 bits per heavy atom. The number of nitrogens with zero attached hydrogens (tertiary/aromatic N) is 4. The highest BCUT2D eigenvalue weighted by atomic mass is 16.6. The van der Waals surface area contributed by atoms with Gasteiger partial charge >= 0.3 is 0 Å². The number of para-hydroxylation sites is 1. The number of hydrogen-bond acceptors (Lipinski definition) is 5. The highest BCUT2D eigenvalue weighted by Crippen LogP contribution is 2.29. The number of oxime groups is 1. The van der Waals surface area contributed by atoms with E-state index in [0.717, 1.165) is 37.3 Å². The highest BCUT2D eigenvalue weighted by molar-refractivity contribution is 6.54. The van der Waals surface area contributed by atoms with E-state index in [1.165, 1.54) is 5.56 Å². The number of hydrogen-bond donors (Lipinski definition) is 0. The molecule has 0 aromatic heterocycles. The molecule has 0 N–H and O–H groups in total. The third-order valence-corrected chi connectivity index (χ3v) is 5.93. The average molecular weight is 435 g/mol. The van der Waals surface area contributed by atoms with Gasteiger partial charge in [-0.05, 0) is 25.0 Å². The van der Waals surface area contributed by atoms with Gasteiger partial charge in [0.15, 0.2) is 5.71 Å². The number of carbonyl (C=O) groups is 2. The molecule has 2 aromatic rings. The minimum absolute atomic E-state index is 0.0992. The van der Waals surface area contributed by atoms with Crippen molar-refractivity contribution in [3.05, 3.63) is 65.7 Å². The first kappa shape index (κ1) is 22.0. The predicted molar refractivity (Wildman–Crippen MR) is 124 cm³/mol. The van der Waals surface area contributed by atoms with E-state index in [0.29, 0.717) is 19.6 Å². The third-order valence-electron chi connectivity index (χ3n) is 5.93. The summed E-state index contributed by atoms with van der Waals surface area (Å²) in [6.45, 7) is 8.18. The Balaban J connectivity index is 1.34. The molecule has 1 fully saturated rings. The molecule has 7 nitrogen and oxygen atoms in total. The Labute approximate surface area is 189 Å². The van der Waals surface area contributed by atoms with Gasteiger partial charge in [0.1, 0.15) is 0 Å². The van der Waals surface area contributed by atoms with E-state index in [-0.39, 0.29) is 17.5 Å². The molecule has 2 aromatic carbocycles. The summed E-state index contributed by atoms with van der Waals surface area (Å²) in [7, 11) is 0. The summed E-state index contributed by atoms with van der Waals surface area (Å²) in [5, 5.41) is 4.13. The summed E-state index contributed by atoms with van der Waals surface area (Å²) >= 11 is 0. The zero-order chi connectivity index (χ0) is 22.5. The maximum atomic E-state index is 12.9. The Bertz CT molecular complexity index is 984. The zero-order valence-corrected chi connectivity index (χ0v) is 18.7. The Kier molecular flexibility index (Phi) is 6.85. The van der Waals surface area contributed by atoms with Crippen LogP contribution in [0.3, 0.4) is 0 Å². The molecule has 2 aliphatic heterocycles. The van der Waals surface area contributed by atoms with Gasteiger partial charge in [0.2, 0.25) is 6.10 Å². The van der Waals surface area contributed by atoms with Crippen LogP contribution in [0.4, 0.5) is 5.69 Å². The molecule has 0 unspecified atom stereocenters. The summed E-state index contributed by atoms with van der Waals surface area (Å²) in [6, 6.07) is 17.9. The first-order chi connectivity index (χ1) is 15.6. The lowest BCUT2D eigenvalue weighted by atomic mass is 10.1. The van der Waals surface area contributed by atoms with Crippen LogP contribution in [0.15, 0.2) is 59.8 Å². The van der Waals surface area contributed by atoms with E-state index in [2.05, 4.69) is 22.2 Å². The largest absolute Gasteiger partial charge is 0.382 e. The number of rotatable bonds is 7. The lowest BCUT2D eigenvalue weighted by Crippen LogP contribution is -2.50. The minimum atomic E-state index is -0.747. The van der Waals surface area contributed by atoms with E-state index in [1.807, 2.05) is 54.3 Å². The fourth-order valence-electron chi connectivity index (χ4n) is 4.20. The second kappa shape index (κ2) is 9.96. The van der Waals surface area contributed by atoms with Crippen molar-refractivity contribution in [1.29, 1.82) is 0 Å². The molecule has 7 heteroatoms. The standard InChI is InChI=1S/C25H30N4O3/c1-3-13-29-22-12-8-7-11-21(22)23(25(29)31)26-32-19(2)24(30)28-16-14-27(15-17-28)18-20-9-5-4-6-10-20/h4-12,19H,3,13-18H2,1-2H3/b26-23+/t19-/m0/s1. The SMILES string of the molecule is CCCN1C(=O)/C(=N/O[C@@H](C)C(=O)N2CCN(Cc3ccccc3)CC2)c2ccccc21. The van der Waals surface area contributed by atoms with Gasteiger partial charge in [0.05, 0.1) is 5.69 Å². The zero-order valence-electron chi connectivity index (χ0n) is 18.7. The lowest BCUT2D eigenvalue weighted by Gasteiger charge is -2.35. The molecule has 1 saturated heterocycles. The van der Waals surface area contributed by atoms with Gasteiger partial charge in [-0.3, -0.25) is 14.5 Å². The Morgan fingerprint density at radius 3 is 2.44 bits per heavy atom. The lowest BCUT2D eigenvalue weighted by molar-refractivity contribution is -0.144. The smallest absolute Gasteiger partial charge is 0.281 e. The van der Waals surface area contributed by atoms with Crippen molar-refractivity contribution in [3.8, 4) is 0 Å². The molecule has 1 atom stereocenters. The molecule has 32 heavy (non-hydrogen) atoms. The number of anilines is 1. The van der Waals surface area contributed by atoms with Crippen molar-refractivity contribution in [2.24, 2.45) is 5.16 Å². The van der Waals surface area contributed by atoms with Gasteiger partial charge in [-0.15, -0.1) is 0 Å². The molecule has 0 spiro atoms. The summed E-state index contributed by atoms with van der Waals surface area (Å²) in [6.07, 6.45) is 0.0997. The molecule has 2 amide bonds. The van der Waals surface area contributed by atoms with Gasteiger partial charge in [-0.2, -0.15) is 0 Å². The monoisotopic (exact) mass is 434 g/mol. The summed E-state index contributed by atoms with van der Waals surface area (Å²) in [5.74, 6) is -0.278. The molecule has 2 aliphatic rings. The maximum absolute atomic E-state index is 12.9. The quantitative estimate of drug-likeness (QED) is 0.629. The van der Waals surface area contributed by atoms with Gasteiger partial charge in [0, 0.05) is 44.8 Å². The first-order valence-corrected chi connectivity index (χ1v) is 11.3. The second-order valence-corrected chi connectivity index (χ2v) is 8.25. The maximum Gasteiger partial charge on any atom is 0.281 e. The van der Waals surface area contributed by atoms with Crippen molar-refractivity contribution in [1.82, 2.24) is 9.80 Å². The summed E-state index contributed by atoms with van der Waals surface area (Å²) < 4.78 is 0. The van der Waals surface area contributed by atoms with Crippen molar-refractivity contribution >= 4 is 23.2 Å². The van der Waals surface area contributed by atoms with Gasteiger partial charge in [-0.25, -0.2) is 0 Å². The van der Waals surface area contributed by atoms with Crippen LogP contribution < -0.4 is 4.90 Å². The van der Waals surface area contributed by atoms with Gasteiger partial charge in [0.25, 0.3) is 11.8 Å². The molecular formula is C25H30N4O3. The van der Waals surface area contributed by atoms with Crippen LogP contribution in [0.2, 0.25) is 0 Å². The molecule has 0 saturated carbocycles. The van der Waals surface area contributed by atoms with Crippen molar-refractivity contribution in [3.63, 3.8) is 0 Å². The van der Waals surface area contributed by atoms with E-state index in [9.17, 15) is 9.59 Å². The Morgan fingerprint density at radius 1 is 1.03 bits per heavy atom. The average Bonchev–Trinajstić information content (AvgIpc) is 3.09. The molecule has 0 aliphatic carbocycles. The van der Waals surface area contributed by atoms with Crippen LogP contribution in [0, 0.1) is 0 Å². The molecule has 2 heterocycles. The van der Waals surface area contributed by atoms with Crippen molar-refractivity contribution < 1.29 is 14.4 Å². The summed E-state index contributed by atoms with van der Waals surface area (Å²) in [4.78, 5) is 37.2. The minimum Gasteiger partial charge on any atom is -0.382 e. The second-order valence-electron chi connectivity index (χ2n) is 8.25. The highest BCUT2D eigenvalue weighted by Gasteiger charge is 2.34. The fraction of sp³-hybridized carbons (Fsp3) is 0.400. The molecule has 0 bridgehead atoms. The number of piperazine rings is 1. The van der Waals surface area contributed by atoms with Crippen LogP contribution in [0.1, 0.15) is 31.4 Å². The van der Waals surface area contributed by atoms with Crippen LogP contribution in [-0.4, -0.2) is 66.2 Å². The van der Waals surface area contributed by atoms with E-state index >= 15 is 0 Å². The van der Waals surface area contributed by atoms with Crippen LogP contribution in [0.5, 0.6) is 0 Å². The Hall–Kier alpha value is -3.19. The first-order valence-electron chi connectivity index (χ1n) is 11.3. The van der Waals surface area contributed by atoms with Crippen LogP contribution in [0.25, 0.3) is 0 Å². The number of fused-ring (bicyclic) bond motifs is 1. The number of benzene rings is 2. The van der Waals surface area contributed by atoms with Crippen molar-refractivity contribution in [2.45, 2.75) is 32.9 Å². The van der Waals surface area contributed by atoms with Gasteiger partial charge in [-0.1, -0.05) is 60.6 Å². The molecule has 0 radical (unpaired) electrons. The summed E-state index contributed by atoms with van der Waals surface area (Å²) in [5.41, 5.74) is 3.13.